The number of carbonyl (C=O) groups is 2. The van der Waals surface area contributed by atoms with Crippen LogP contribution in [0.1, 0.15) is 28.3 Å². The van der Waals surface area contributed by atoms with E-state index >= 15 is 0 Å². The molecule has 42 heavy (non-hydrogen) atoms. The fourth-order valence-electron chi connectivity index (χ4n) is 5.94. The highest BCUT2D eigenvalue weighted by molar-refractivity contribution is 6.31. The van der Waals surface area contributed by atoms with Gasteiger partial charge in [-0.25, -0.2) is 0 Å². The molecule has 9 heteroatoms. The molecule has 1 fully saturated rings. The first-order valence-electron chi connectivity index (χ1n) is 14.6. The highest BCUT2D eigenvalue weighted by Crippen LogP contribution is 2.29. The molecule has 2 aliphatic rings. The van der Waals surface area contributed by atoms with Crippen LogP contribution in [0.3, 0.4) is 0 Å². The van der Waals surface area contributed by atoms with E-state index in [2.05, 4.69) is 52.7 Å². The number of fused-ring (bicyclic) bond motifs is 1. The van der Waals surface area contributed by atoms with Gasteiger partial charge in [0.1, 0.15) is 6.04 Å². The van der Waals surface area contributed by atoms with Crippen LogP contribution >= 0.6 is 23.2 Å². The Balaban J connectivity index is 1.28. The van der Waals surface area contributed by atoms with Gasteiger partial charge in [-0.3, -0.25) is 14.5 Å². The Kier molecular flexibility index (Phi) is 10.2. The highest BCUT2D eigenvalue weighted by Gasteiger charge is 2.34. The maximum Gasteiger partial charge on any atom is 0.245 e. The molecule has 0 saturated carbocycles. The Morgan fingerprint density at radius 1 is 0.929 bits per heavy atom. The molecule has 0 bridgehead atoms. The van der Waals surface area contributed by atoms with Crippen molar-refractivity contribution >= 4 is 35.0 Å². The van der Waals surface area contributed by atoms with Crippen molar-refractivity contribution in [3.8, 4) is 0 Å². The van der Waals surface area contributed by atoms with Crippen molar-refractivity contribution in [2.45, 2.75) is 37.5 Å². The van der Waals surface area contributed by atoms with E-state index in [-0.39, 0.29) is 23.9 Å². The summed E-state index contributed by atoms with van der Waals surface area (Å²) in [5.74, 6) is -0.212. The largest absolute Gasteiger partial charge is 0.343 e. The van der Waals surface area contributed by atoms with Gasteiger partial charge >= 0.3 is 0 Å². The highest BCUT2D eigenvalue weighted by atomic mass is 35.5. The maximum atomic E-state index is 14.0. The molecule has 7 nitrogen and oxygen atoms in total. The van der Waals surface area contributed by atoms with Gasteiger partial charge in [-0.15, -0.1) is 0 Å². The molecule has 0 spiro atoms. The summed E-state index contributed by atoms with van der Waals surface area (Å²) >= 11 is 12.7. The molecule has 2 N–H and O–H groups in total. The number of likely N-dealkylation sites (N-methyl/N-ethyl adjacent to an activating group) is 1. The average Bonchev–Trinajstić information content (AvgIpc) is 3.00. The molecule has 0 radical (unpaired) electrons. The number of amides is 2. The monoisotopic (exact) mass is 607 g/mol. The molecule has 3 atom stereocenters. The van der Waals surface area contributed by atoms with Crippen LogP contribution in [-0.4, -0.2) is 85.4 Å². The zero-order valence-corrected chi connectivity index (χ0v) is 25.7. The van der Waals surface area contributed by atoms with Gasteiger partial charge in [0.15, 0.2) is 0 Å². The number of nitrogens with one attached hydrogen (secondary N) is 2. The molecule has 222 valence electrons. The van der Waals surface area contributed by atoms with Crippen LogP contribution < -0.4 is 10.6 Å². The Hall–Kier alpha value is -2.94. The third kappa shape index (κ3) is 7.52. The molecular formula is C33H39Cl2N5O2. The lowest BCUT2D eigenvalue weighted by Crippen LogP contribution is -2.58. The van der Waals surface area contributed by atoms with Crippen LogP contribution in [0.2, 0.25) is 10.0 Å². The van der Waals surface area contributed by atoms with Gasteiger partial charge in [-0.05, 0) is 61.0 Å². The van der Waals surface area contributed by atoms with Crippen molar-refractivity contribution in [2.24, 2.45) is 0 Å². The predicted molar refractivity (Wildman–Crippen MR) is 169 cm³/mol. The Morgan fingerprint density at radius 3 is 2.29 bits per heavy atom. The summed E-state index contributed by atoms with van der Waals surface area (Å²) in [4.78, 5) is 33.9. The summed E-state index contributed by atoms with van der Waals surface area (Å²) < 4.78 is 0. The van der Waals surface area contributed by atoms with Crippen LogP contribution in [0.15, 0.2) is 72.8 Å². The lowest BCUT2D eigenvalue weighted by molar-refractivity contribution is -0.138. The quantitative estimate of drug-likeness (QED) is 0.382. The Morgan fingerprint density at radius 2 is 1.60 bits per heavy atom. The van der Waals surface area contributed by atoms with E-state index in [9.17, 15) is 9.59 Å². The maximum absolute atomic E-state index is 14.0. The van der Waals surface area contributed by atoms with Crippen molar-refractivity contribution in [1.82, 2.24) is 25.3 Å². The second-order valence-corrected chi connectivity index (χ2v) is 12.3. The van der Waals surface area contributed by atoms with E-state index in [0.29, 0.717) is 37.5 Å². The first-order chi connectivity index (χ1) is 20.3. The molecule has 0 aromatic heterocycles. The average molecular weight is 609 g/mol. The summed E-state index contributed by atoms with van der Waals surface area (Å²) in [5.41, 5.74) is 4.42. The lowest BCUT2D eigenvalue weighted by Gasteiger charge is -2.41. The molecule has 2 heterocycles. The molecule has 2 unspecified atom stereocenters. The molecule has 0 aliphatic carbocycles. The van der Waals surface area contributed by atoms with Crippen molar-refractivity contribution in [3.63, 3.8) is 0 Å². The lowest BCUT2D eigenvalue weighted by atomic mass is 9.95. The van der Waals surface area contributed by atoms with E-state index in [1.165, 1.54) is 11.1 Å². The van der Waals surface area contributed by atoms with Crippen molar-refractivity contribution in [3.05, 3.63) is 105 Å². The topological polar surface area (TPSA) is 67.9 Å². The van der Waals surface area contributed by atoms with Crippen LogP contribution in [-0.2, 0) is 29.0 Å². The van der Waals surface area contributed by atoms with Crippen LogP contribution in [0.5, 0.6) is 0 Å². The second kappa shape index (κ2) is 14.0. The molecule has 3 aromatic rings. The summed E-state index contributed by atoms with van der Waals surface area (Å²) in [5, 5.41) is 7.85. The standard InChI is InChI=1S/C33H39Cl2N5O2/c1-38(2)22-31(27-9-5-6-10-28(27)35)39-15-17-40(18-16-39)33(42)30(19-23-11-13-26(34)14-12-23)37-32(41)29-20-24-7-3-4-8-25(24)21-36-29/h3-14,29-31,36H,15-22H2,1-2H3,(H,37,41)/t29?,30-,31?/m1/s1. The van der Waals surface area contributed by atoms with Crippen molar-refractivity contribution < 1.29 is 9.59 Å². The molecular weight excluding hydrogens is 569 g/mol. The first kappa shape index (κ1) is 30.5. The number of rotatable bonds is 9. The molecule has 5 rings (SSSR count). The number of benzene rings is 3. The van der Waals surface area contributed by atoms with Gasteiger partial charge in [0, 0.05) is 61.8 Å². The van der Waals surface area contributed by atoms with E-state index in [1.54, 1.807) is 0 Å². The van der Waals surface area contributed by atoms with Gasteiger partial charge in [0.25, 0.3) is 0 Å². The number of carbonyl (C=O) groups excluding carboxylic acids is 2. The van der Waals surface area contributed by atoms with E-state index in [0.717, 1.165) is 35.8 Å². The third-order valence-electron chi connectivity index (χ3n) is 8.23. The SMILES string of the molecule is CN(C)CC(c1ccccc1Cl)N1CCN(C(=O)[C@@H](Cc2ccc(Cl)cc2)NC(=O)C2Cc3ccccc3CN2)CC1. The zero-order chi connectivity index (χ0) is 29.6. The van der Waals surface area contributed by atoms with E-state index in [1.807, 2.05) is 59.5 Å². The number of nitrogens with zero attached hydrogens (tertiary/aromatic N) is 3. The predicted octanol–water partition coefficient (Wildman–Crippen LogP) is 4.18. The van der Waals surface area contributed by atoms with Crippen molar-refractivity contribution in [2.75, 3.05) is 46.8 Å². The number of halogens is 2. The van der Waals surface area contributed by atoms with Crippen LogP contribution in [0.25, 0.3) is 0 Å². The van der Waals surface area contributed by atoms with Gasteiger partial charge in [0.05, 0.1) is 6.04 Å². The van der Waals surface area contributed by atoms with Crippen molar-refractivity contribution in [1.29, 1.82) is 0 Å². The van der Waals surface area contributed by atoms with Gasteiger partial charge in [-0.1, -0.05) is 77.8 Å². The summed E-state index contributed by atoms with van der Waals surface area (Å²) in [6.07, 6.45) is 0.992. The smallest absolute Gasteiger partial charge is 0.245 e. The van der Waals surface area contributed by atoms with Crippen LogP contribution in [0, 0.1) is 0 Å². The Labute approximate surface area is 258 Å². The second-order valence-electron chi connectivity index (χ2n) is 11.5. The summed E-state index contributed by atoms with van der Waals surface area (Å²) in [6.45, 7) is 4.05. The van der Waals surface area contributed by atoms with Gasteiger partial charge < -0.3 is 20.4 Å². The zero-order valence-electron chi connectivity index (χ0n) is 24.2. The third-order valence-corrected chi connectivity index (χ3v) is 8.83. The van der Waals surface area contributed by atoms with Gasteiger partial charge in [-0.2, -0.15) is 0 Å². The summed E-state index contributed by atoms with van der Waals surface area (Å²) in [6, 6.07) is 22.7. The van der Waals surface area contributed by atoms with Gasteiger partial charge in [0.2, 0.25) is 11.8 Å². The molecule has 3 aromatic carbocycles. The minimum Gasteiger partial charge on any atom is -0.343 e. The summed E-state index contributed by atoms with van der Waals surface area (Å²) in [7, 11) is 4.13. The van der Waals surface area contributed by atoms with Crippen LogP contribution in [0.4, 0.5) is 0 Å². The van der Waals surface area contributed by atoms with E-state index in [4.69, 9.17) is 23.2 Å². The first-order valence-corrected chi connectivity index (χ1v) is 15.3. The minimum atomic E-state index is -0.676. The number of hydrogen-bond acceptors (Lipinski definition) is 5. The number of piperazine rings is 1. The molecule has 2 amide bonds. The normalized spacial score (nSPS) is 18.8. The number of hydrogen-bond donors (Lipinski definition) is 2. The Bertz CT molecular complexity index is 1370. The van der Waals surface area contributed by atoms with E-state index < -0.39 is 6.04 Å². The fourth-order valence-corrected chi connectivity index (χ4v) is 6.33. The fraction of sp³-hybridized carbons (Fsp3) is 0.394. The molecule has 2 aliphatic heterocycles. The molecule has 1 saturated heterocycles. The minimum absolute atomic E-state index is 0.0592.